The van der Waals surface area contributed by atoms with Crippen LogP contribution in [0.5, 0.6) is 0 Å². The Morgan fingerprint density at radius 3 is 0.815 bits per heavy atom. The Hall–Kier alpha value is -0.0800. The first-order valence-corrected chi connectivity index (χ1v) is 12.7. The lowest BCUT2D eigenvalue weighted by atomic mass is 10.1. The van der Waals surface area contributed by atoms with E-state index in [9.17, 15) is 0 Å². The third-order valence-corrected chi connectivity index (χ3v) is 5.71. The van der Waals surface area contributed by atoms with Gasteiger partial charge in [-0.15, -0.1) is 0 Å². The fraction of sp³-hybridized carbons (Fsp3) is 1.00. The van der Waals surface area contributed by atoms with E-state index in [0.717, 1.165) is 0 Å². The molecule has 0 aliphatic carbocycles. The number of hydrogen-bond acceptors (Lipinski definition) is 2. The molecule has 164 valence electrons. The van der Waals surface area contributed by atoms with Gasteiger partial charge in [-0.2, -0.15) is 0 Å². The van der Waals surface area contributed by atoms with E-state index in [0.29, 0.717) is 0 Å². The molecule has 0 aliphatic rings. The van der Waals surface area contributed by atoms with Crippen molar-refractivity contribution in [2.24, 2.45) is 0 Å². The summed E-state index contributed by atoms with van der Waals surface area (Å²) in [5, 5.41) is 0. The standard InChI is InChI=1S/C25H54N2/c1-5-9-13-17-21-26(22-18-14-10-6-2)25-27(23-19-15-11-7-3)24-20-16-12-8-4/h5-25H2,1-4H3. The molecule has 0 rings (SSSR count). The predicted octanol–water partition coefficient (Wildman–Crippen LogP) is 7.87. The Labute approximate surface area is 173 Å². The van der Waals surface area contributed by atoms with E-state index in [4.69, 9.17) is 0 Å². The van der Waals surface area contributed by atoms with Crippen LogP contribution in [0, 0.1) is 0 Å². The van der Waals surface area contributed by atoms with Crippen LogP contribution in [0.4, 0.5) is 0 Å². The third-order valence-electron chi connectivity index (χ3n) is 5.71. The van der Waals surface area contributed by atoms with Crippen molar-refractivity contribution in [1.29, 1.82) is 0 Å². The topological polar surface area (TPSA) is 6.48 Å². The molecule has 0 aromatic heterocycles. The van der Waals surface area contributed by atoms with E-state index in [1.165, 1.54) is 136 Å². The molecule has 0 N–H and O–H groups in total. The normalized spacial score (nSPS) is 11.8. The van der Waals surface area contributed by atoms with Gasteiger partial charge in [0.1, 0.15) is 0 Å². The Bertz CT molecular complexity index is 217. The van der Waals surface area contributed by atoms with Gasteiger partial charge in [-0.05, 0) is 51.9 Å². The molecule has 0 atom stereocenters. The lowest BCUT2D eigenvalue weighted by molar-refractivity contribution is 0.122. The number of unbranched alkanes of at least 4 members (excludes halogenated alkanes) is 12. The fourth-order valence-corrected chi connectivity index (χ4v) is 3.84. The smallest absolute Gasteiger partial charge is 0.0506 e. The minimum absolute atomic E-state index is 1.22. The molecule has 0 aliphatic heterocycles. The maximum atomic E-state index is 2.78. The van der Waals surface area contributed by atoms with Gasteiger partial charge in [-0.25, -0.2) is 0 Å². The number of nitrogens with zero attached hydrogens (tertiary/aromatic N) is 2. The van der Waals surface area contributed by atoms with Gasteiger partial charge >= 0.3 is 0 Å². The van der Waals surface area contributed by atoms with Gasteiger partial charge < -0.3 is 0 Å². The molecule has 0 aromatic rings. The second-order valence-electron chi connectivity index (χ2n) is 8.62. The monoisotopic (exact) mass is 382 g/mol. The van der Waals surface area contributed by atoms with Gasteiger partial charge in [0.15, 0.2) is 0 Å². The van der Waals surface area contributed by atoms with Crippen molar-refractivity contribution < 1.29 is 0 Å². The largest absolute Gasteiger partial charge is 0.290 e. The summed E-state index contributed by atoms with van der Waals surface area (Å²) in [5.74, 6) is 0. The van der Waals surface area contributed by atoms with Crippen LogP contribution >= 0.6 is 0 Å². The molecule has 0 fully saturated rings. The van der Waals surface area contributed by atoms with Crippen molar-refractivity contribution in [2.75, 3.05) is 32.8 Å². The van der Waals surface area contributed by atoms with Crippen molar-refractivity contribution in [3.05, 3.63) is 0 Å². The molecular formula is C25H54N2. The van der Waals surface area contributed by atoms with Crippen LogP contribution < -0.4 is 0 Å². The molecule has 0 heterocycles. The second kappa shape index (κ2) is 22.2. The lowest BCUT2D eigenvalue weighted by Crippen LogP contribution is -2.40. The van der Waals surface area contributed by atoms with Gasteiger partial charge in [0, 0.05) is 0 Å². The van der Waals surface area contributed by atoms with Crippen LogP contribution in [0.1, 0.15) is 130 Å². The molecule has 0 saturated heterocycles. The predicted molar refractivity (Wildman–Crippen MR) is 125 cm³/mol. The van der Waals surface area contributed by atoms with Gasteiger partial charge in [-0.3, -0.25) is 9.80 Å². The molecule has 2 heteroatoms. The highest BCUT2D eigenvalue weighted by Crippen LogP contribution is 2.10. The van der Waals surface area contributed by atoms with Crippen LogP contribution in [0.3, 0.4) is 0 Å². The molecule has 27 heavy (non-hydrogen) atoms. The number of hydrogen-bond donors (Lipinski definition) is 0. The molecule has 0 bridgehead atoms. The summed E-state index contributed by atoms with van der Waals surface area (Å²) >= 11 is 0. The molecule has 0 amide bonds. The zero-order chi connectivity index (χ0) is 20.0. The molecule has 0 spiro atoms. The van der Waals surface area contributed by atoms with E-state index in [-0.39, 0.29) is 0 Å². The van der Waals surface area contributed by atoms with E-state index >= 15 is 0 Å². The second-order valence-corrected chi connectivity index (χ2v) is 8.62. The van der Waals surface area contributed by atoms with Crippen molar-refractivity contribution in [3.8, 4) is 0 Å². The third kappa shape index (κ3) is 19.0. The van der Waals surface area contributed by atoms with E-state index in [1.807, 2.05) is 0 Å². The summed E-state index contributed by atoms with van der Waals surface area (Å²) in [4.78, 5) is 5.57. The van der Waals surface area contributed by atoms with Crippen LogP contribution in [-0.2, 0) is 0 Å². The SMILES string of the molecule is CCCCCCN(CCCCCC)CN(CCCCCC)CCCCCC. The van der Waals surface area contributed by atoms with Crippen LogP contribution in [0.2, 0.25) is 0 Å². The summed E-state index contributed by atoms with van der Waals surface area (Å²) in [6, 6.07) is 0. The highest BCUT2D eigenvalue weighted by Gasteiger charge is 2.11. The zero-order valence-corrected chi connectivity index (χ0v) is 19.7. The zero-order valence-electron chi connectivity index (χ0n) is 19.7. The maximum Gasteiger partial charge on any atom is 0.0506 e. The van der Waals surface area contributed by atoms with E-state index < -0.39 is 0 Å². The lowest BCUT2D eigenvalue weighted by Gasteiger charge is -2.31. The van der Waals surface area contributed by atoms with E-state index in [1.54, 1.807) is 0 Å². The molecule has 2 nitrogen and oxygen atoms in total. The van der Waals surface area contributed by atoms with Gasteiger partial charge in [-0.1, -0.05) is 105 Å². The van der Waals surface area contributed by atoms with E-state index in [2.05, 4.69) is 37.5 Å². The minimum atomic E-state index is 1.22. The Kier molecular flexibility index (Phi) is 22.1. The van der Waals surface area contributed by atoms with Gasteiger partial charge in [0.05, 0.1) is 6.67 Å². The van der Waals surface area contributed by atoms with Crippen molar-refractivity contribution in [2.45, 2.75) is 130 Å². The summed E-state index contributed by atoms with van der Waals surface area (Å²) < 4.78 is 0. The molecular weight excluding hydrogens is 328 g/mol. The first-order chi connectivity index (χ1) is 13.3. The van der Waals surface area contributed by atoms with Crippen LogP contribution in [0.25, 0.3) is 0 Å². The molecule has 0 aromatic carbocycles. The maximum absolute atomic E-state index is 2.78. The van der Waals surface area contributed by atoms with Crippen LogP contribution in [0.15, 0.2) is 0 Å². The minimum Gasteiger partial charge on any atom is -0.290 e. The number of rotatable bonds is 22. The highest BCUT2D eigenvalue weighted by molar-refractivity contribution is 4.64. The van der Waals surface area contributed by atoms with Crippen LogP contribution in [-0.4, -0.2) is 42.6 Å². The summed E-state index contributed by atoms with van der Waals surface area (Å²) in [6.07, 6.45) is 22.2. The van der Waals surface area contributed by atoms with Gasteiger partial charge in [0.25, 0.3) is 0 Å². The van der Waals surface area contributed by atoms with Crippen molar-refractivity contribution >= 4 is 0 Å². The average Bonchev–Trinajstić information content (AvgIpc) is 2.68. The Morgan fingerprint density at radius 1 is 0.333 bits per heavy atom. The summed E-state index contributed by atoms with van der Waals surface area (Å²) in [5.41, 5.74) is 0. The van der Waals surface area contributed by atoms with Crippen molar-refractivity contribution in [3.63, 3.8) is 0 Å². The molecule has 0 saturated carbocycles. The average molecular weight is 383 g/mol. The molecule has 0 radical (unpaired) electrons. The van der Waals surface area contributed by atoms with Gasteiger partial charge in [0.2, 0.25) is 0 Å². The quantitative estimate of drug-likeness (QED) is 0.139. The highest BCUT2D eigenvalue weighted by atomic mass is 15.3. The first kappa shape index (κ1) is 26.9. The summed E-state index contributed by atoms with van der Waals surface area (Å²) in [6.45, 7) is 15.7. The fourth-order valence-electron chi connectivity index (χ4n) is 3.84. The molecule has 0 unspecified atom stereocenters. The summed E-state index contributed by atoms with van der Waals surface area (Å²) in [7, 11) is 0. The Balaban J connectivity index is 4.42. The van der Waals surface area contributed by atoms with Crippen molar-refractivity contribution in [1.82, 2.24) is 9.80 Å². The Morgan fingerprint density at radius 2 is 0.593 bits per heavy atom. The first-order valence-electron chi connectivity index (χ1n) is 12.7.